The van der Waals surface area contributed by atoms with Gasteiger partial charge in [-0.05, 0) is 55.3 Å². The number of methoxy groups -OCH3 is 1. The van der Waals surface area contributed by atoms with Gasteiger partial charge in [-0.1, -0.05) is 24.3 Å². The van der Waals surface area contributed by atoms with Crippen molar-refractivity contribution in [3.63, 3.8) is 0 Å². The van der Waals surface area contributed by atoms with E-state index in [9.17, 15) is 5.11 Å². The summed E-state index contributed by atoms with van der Waals surface area (Å²) >= 11 is 0. The second kappa shape index (κ2) is 6.96. The van der Waals surface area contributed by atoms with Crippen LogP contribution >= 0.6 is 0 Å². The van der Waals surface area contributed by atoms with Gasteiger partial charge in [0.25, 0.3) is 0 Å². The predicted molar refractivity (Wildman–Crippen MR) is 81.4 cm³/mol. The Hall–Kier alpha value is -2.00. The van der Waals surface area contributed by atoms with Crippen LogP contribution in [0.5, 0.6) is 11.5 Å². The molecule has 1 atom stereocenters. The molecule has 0 fully saturated rings. The third kappa shape index (κ3) is 4.00. The first-order valence-corrected chi connectivity index (χ1v) is 6.79. The molecule has 0 aliphatic rings. The summed E-state index contributed by atoms with van der Waals surface area (Å²) in [5, 5.41) is 12.7. The molecule has 1 unspecified atom stereocenters. The lowest BCUT2D eigenvalue weighted by molar-refractivity contribution is 0.414. The zero-order valence-corrected chi connectivity index (χ0v) is 12.0. The Bertz CT molecular complexity index is 520. The van der Waals surface area contributed by atoms with Crippen LogP contribution < -0.4 is 10.1 Å². The van der Waals surface area contributed by atoms with Gasteiger partial charge in [-0.15, -0.1) is 0 Å². The topological polar surface area (TPSA) is 41.5 Å². The second-order valence-corrected chi connectivity index (χ2v) is 4.91. The quantitative estimate of drug-likeness (QED) is 0.849. The number of rotatable bonds is 6. The van der Waals surface area contributed by atoms with E-state index in [1.807, 2.05) is 31.3 Å². The lowest BCUT2D eigenvalue weighted by Gasteiger charge is -2.16. The summed E-state index contributed by atoms with van der Waals surface area (Å²) in [4.78, 5) is 0. The molecule has 0 spiro atoms. The zero-order valence-electron chi connectivity index (χ0n) is 12.0. The highest BCUT2D eigenvalue weighted by Crippen LogP contribution is 2.15. The van der Waals surface area contributed by atoms with Crippen molar-refractivity contribution in [2.45, 2.75) is 18.9 Å². The molecule has 0 aromatic heterocycles. The summed E-state index contributed by atoms with van der Waals surface area (Å²) in [6.07, 6.45) is 1.89. The van der Waals surface area contributed by atoms with Crippen LogP contribution in [-0.4, -0.2) is 25.3 Å². The number of benzene rings is 2. The van der Waals surface area contributed by atoms with Crippen molar-refractivity contribution in [1.82, 2.24) is 5.32 Å². The molecule has 2 rings (SSSR count). The average Bonchev–Trinajstić information content (AvgIpc) is 2.49. The highest BCUT2D eigenvalue weighted by Gasteiger charge is 2.08. The van der Waals surface area contributed by atoms with Crippen molar-refractivity contribution in [3.05, 3.63) is 59.7 Å². The minimum absolute atomic E-state index is 0.310. The summed E-state index contributed by atoms with van der Waals surface area (Å²) < 4.78 is 5.17. The molecule has 0 amide bonds. The van der Waals surface area contributed by atoms with Crippen molar-refractivity contribution in [2.24, 2.45) is 0 Å². The normalized spacial score (nSPS) is 12.1. The molecule has 2 aromatic carbocycles. The van der Waals surface area contributed by atoms with E-state index in [2.05, 4.69) is 17.4 Å². The molecule has 20 heavy (non-hydrogen) atoms. The third-order valence-corrected chi connectivity index (χ3v) is 3.47. The van der Waals surface area contributed by atoms with Crippen molar-refractivity contribution >= 4 is 0 Å². The van der Waals surface area contributed by atoms with Crippen LogP contribution in [0, 0.1) is 0 Å². The molecule has 0 aliphatic carbocycles. The van der Waals surface area contributed by atoms with Crippen molar-refractivity contribution in [1.29, 1.82) is 0 Å². The van der Waals surface area contributed by atoms with Gasteiger partial charge in [-0.2, -0.15) is 0 Å². The van der Waals surface area contributed by atoms with Gasteiger partial charge in [0.15, 0.2) is 0 Å². The number of hydrogen-bond acceptors (Lipinski definition) is 3. The molecule has 3 heteroatoms. The molecule has 0 radical (unpaired) electrons. The van der Waals surface area contributed by atoms with Gasteiger partial charge in [-0.25, -0.2) is 0 Å². The van der Waals surface area contributed by atoms with E-state index in [1.54, 1.807) is 19.2 Å². The average molecular weight is 271 g/mol. The number of phenols is 1. The molecule has 3 nitrogen and oxygen atoms in total. The number of likely N-dealkylation sites (N-methyl/N-ethyl adjacent to an activating group) is 1. The number of phenolic OH excluding ortho intramolecular Hbond substituents is 1. The van der Waals surface area contributed by atoms with E-state index in [-0.39, 0.29) is 0 Å². The molecular formula is C17H21NO2. The molecule has 0 bridgehead atoms. The van der Waals surface area contributed by atoms with E-state index in [1.165, 1.54) is 11.1 Å². The van der Waals surface area contributed by atoms with Crippen LogP contribution in [0.4, 0.5) is 0 Å². The second-order valence-electron chi connectivity index (χ2n) is 4.91. The van der Waals surface area contributed by atoms with Gasteiger partial charge >= 0.3 is 0 Å². The van der Waals surface area contributed by atoms with E-state index >= 15 is 0 Å². The standard InChI is InChI=1S/C17H21NO2/c1-18-15(11-13-3-7-16(19)8-4-13)12-14-5-9-17(20-2)10-6-14/h3-10,15,18-19H,11-12H2,1-2H3. The van der Waals surface area contributed by atoms with Gasteiger partial charge in [-0.3, -0.25) is 0 Å². The fourth-order valence-corrected chi connectivity index (χ4v) is 2.24. The van der Waals surface area contributed by atoms with Gasteiger partial charge in [0.2, 0.25) is 0 Å². The number of nitrogens with one attached hydrogen (secondary N) is 1. The first-order valence-electron chi connectivity index (χ1n) is 6.79. The number of hydrogen-bond donors (Lipinski definition) is 2. The fraction of sp³-hybridized carbons (Fsp3) is 0.294. The molecule has 0 saturated carbocycles. The van der Waals surface area contributed by atoms with Gasteiger partial charge in [0.1, 0.15) is 11.5 Å². The highest BCUT2D eigenvalue weighted by molar-refractivity contribution is 5.29. The molecule has 0 heterocycles. The fourth-order valence-electron chi connectivity index (χ4n) is 2.24. The highest BCUT2D eigenvalue weighted by atomic mass is 16.5. The van der Waals surface area contributed by atoms with Gasteiger partial charge < -0.3 is 15.2 Å². The van der Waals surface area contributed by atoms with Crippen LogP contribution in [0.2, 0.25) is 0 Å². The van der Waals surface area contributed by atoms with Crippen molar-refractivity contribution < 1.29 is 9.84 Å². The van der Waals surface area contributed by atoms with E-state index < -0.39 is 0 Å². The maximum absolute atomic E-state index is 9.31. The zero-order chi connectivity index (χ0) is 14.4. The van der Waals surface area contributed by atoms with Crippen molar-refractivity contribution in [3.8, 4) is 11.5 Å². The molecule has 0 saturated heterocycles. The largest absolute Gasteiger partial charge is 0.508 e. The first-order chi connectivity index (χ1) is 9.71. The van der Waals surface area contributed by atoms with Crippen LogP contribution in [0.3, 0.4) is 0 Å². The summed E-state index contributed by atoms with van der Waals surface area (Å²) in [5.41, 5.74) is 2.50. The maximum Gasteiger partial charge on any atom is 0.118 e. The Labute approximate surface area is 120 Å². The Balaban J connectivity index is 1.99. The minimum atomic E-state index is 0.310. The maximum atomic E-state index is 9.31. The first kappa shape index (κ1) is 14.4. The van der Waals surface area contributed by atoms with Crippen molar-refractivity contribution in [2.75, 3.05) is 14.2 Å². The van der Waals surface area contributed by atoms with Crippen LogP contribution in [-0.2, 0) is 12.8 Å². The summed E-state index contributed by atoms with van der Waals surface area (Å²) in [5.74, 6) is 1.19. The Kier molecular flexibility index (Phi) is 5.02. The van der Waals surface area contributed by atoms with Gasteiger partial charge in [0.05, 0.1) is 7.11 Å². The van der Waals surface area contributed by atoms with Crippen LogP contribution in [0.1, 0.15) is 11.1 Å². The Morgan fingerprint density at radius 1 is 0.950 bits per heavy atom. The number of ether oxygens (including phenoxy) is 1. The molecular weight excluding hydrogens is 250 g/mol. The van der Waals surface area contributed by atoms with Gasteiger partial charge in [0, 0.05) is 6.04 Å². The summed E-state index contributed by atoms with van der Waals surface area (Å²) in [6, 6.07) is 15.9. The Morgan fingerprint density at radius 3 is 1.90 bits per heavy atom. The van der Waals surface area contributed by atoms with Crippen LogP contribution in [0.25, 0.3) is 0 Å². The lowest BCUT2D eigenvalue weighted by atomic mass is 9.99. The molecule has 106 valence electrons. The molecule has 2 N–H and O–H groups in total. The lowest BCUT2D eigenvalue weighted by Crippen LogP contribution is -2.29. The summed E-state index contributed by atoms with van der Waals surface area (Å²) in [6.45, 7) is 0. The molecule has 0 aliphatic heterocycles. The Morgan fingerprint density at radius 2 is 1.45 bits per heavy atom. The van der Waals surface area contributed by atoms with E-state index in [0.717, 1.165) is 18.6 Å². The smallest absolute Gasteiger partial charge is 0.118 e. The number of aromatic hydroxyl groups is 1. The minimum Gasteiger partial charge on any atom is -0.508 e. The van der Waals surface area contributed by atoms with E-state index in [0.29, 0.717) is 11.8 Å². The van der Waals surface area contributed by atoms with E-state index in [4.69, 9.17) is 4.74 Å². The summed E-state index contributed by atoms with van der Waals surface area (Å²) in [7, 11) is 3.66. The molecule has 2 aromatic rings. The third-order valence-electron chi connectivity index (χ3n) is 3.47. The predicted octanol–water partition coefficient (Wildman–Crippen LogP) is 2.77. The van der Waals surface area contributed by atoms with Crippen LogP contribution in [0.15, 0.2) is 48.5 Å². The SMILES string of the molecule is CNC(Cc1ccc(O)cc1)Cc1ccc(OC)cc1. The monoisotopic (exact) mass is 271 g/mol.